The van der Waals surface area contributed by atoms with Crippen molar-refractivity contribution in [3.63, 3.8) is 0 Å². The lowest BCUT2D eigenvalue weighted by atomic mass is 9.48. The van der Waals surface area contributed by atoms with Crippen LogP contribution in [0, 0.1) is 17.8 Å². The van der Waals surface area contributed by atoms with Crippen LogP contribution in [0.1, 0.15) is 70.4 Å². The molecular weight excluding hydrogens is 400 g/mol. The fraction of sp³-hybridized carbons (Fsp3) is 0.438. The highest BCUT2D eigenvalue weighted by Crippen LogP contribution is 2.60. The number of hydrogen-bond acceptors (Lipinski definition) is 1. The first-order chi connectivity index (χ1) is 15.9. The van der Waals surface area contributed by atoms with Crippen molar-refractivity contribution < 1.29 is 4.42 Å². The zero-order valence-electron chi connectivity index (χ0n) is 20.2. The summed E-state index contributed by atoms with van der Waals surface area (Å²) in [5, 5.41) is 2.45. The third-order valence-corrected chi connectivity index (χ3v) is 9.17. The molecular formula is C32H34O. The molecule has 4 fully saturated rings. The summed E-state index contributed by atoms with van der Waals surface area (Å²) in [6.45, 7) is 6.77. The predicted molar refractivity (Wildman–Crippen MR) is 138 cm³/mol. The number of rotatable bonds is 2. The zero-order chi connectivity index (χ0) is 22.4. The van der Waals surface area contributed by atoms with Gasteiger partial charge in [0.2, 0.25) is 0 Å². The van der Waals surface area contributed by atoms with E-state index in [1.807, 2.05) is 0 Å². The van der Waals surface area contributed by atoms with Crippen molar-refractivity contribution in [3.05, 3.63) is 71.8 Å². The lowest BCUT2D eigenvalue weighted by Crippen LogP contribution is -2.48. The molecule has 0 unspecified atom stereocenters. The Kier molecular flexibility index (Phi) is 4.07. The smallest absolute Gasteiger partial charge is 0.139 e. The van der Waals surface area contributed by atoms with Crippen molar-refractivity contribution in [3.8, 4) is 11.1 Å². The summed E-state index contributed by atoms with van der Waals surface area (Å²) in [7, 11) is 0. The van der Waals surface area contributed by atoms with Gasteiger partial charge in [-0.1, -0.05) is 69.3 Å². The SMILES string of the molecule is CC(C)(C)c1cccc2c1oc1ccc(-c3ccc(C45CC6CC(CC(C6)C4)C5)cc3)cc12. The van der Waals surface area contributed by atoms with Crippen molar-refractivity contribution in [1.82, 2.24) is 0 Å². The first-order valence-corrected chi connectivity index (χ1v) is 12.9. The molecule has 4 aromatic rings. The topological polar surface area (TPSA) is 13.1 Å². The molecule has 8 rings (SSSR count). The minimum Gasteiger partial charge on any atom is -0.456 e. The fourth-order valence-electron chi connectivity index (χ4n) is 8.05. The molecule has 4 bridgehead atoms. The highest BCUT2D eigenvalue weighted by molar-refractivity contribution is 6.07. The summed E-state index contributed by atoms with van der Waals surface area (Å²) in [5.41, 5.74) is 8.03. The van der Waals surface area contributed by atoms with Gasteiger partial charge in [0.15, 0.2) is 0 Å². The molecule has 4 aliphatic rings. The summed E-state index contributed by atoms with van der Waals surface area (Å²) in [4.78, 5) is 0. The van der Waals surface area contributed by atoms with Crippen LogP contribution in [0.3, 0.4) is 0 Å². The Balaban J connectivity index is 1.27. The van der Waals surface area contributed by atoms with Crippen molar-refractivity contribution in [2.45, 2.75) is 70.1 Å². The lowest BCUT2D eigenvalue weighted by molar-refractivity contribution is -0.00518. The van der Waals surface area contributed by atoms with E-state index in [2.05, 4.69) is 81.4 Å². The van der Waals surface area contributed by atoms with Gasteiger partial charge in [-0.15, -0.1) is 0 Å². The Labute approximate surface area is 197 Å². The molecule has 0 atom stereocenters. The van der Waals surface area contributed by atoms with Gasteiger partial charge in [-0.2, -0.15) is 0 Å². The second-order valence-corrected chi connectivity index (χ2v) is 12.5. The van der Waals surface area contributed by atoms with E-state index in [1.165, 1.54) is 66.0 Å². The number of para-hydroxylation sites is 1. The molecule has 0 N–H and O–H groups in total. The Morgan fingerprint density at radius 1 is 0.727 bits per heavy atom. The van der Waals surface area contributed by atoms with Crippen LogP contribution in [0.25, 0.3) is 33.1 Å². The average molecular weight is 435 g/mol. The quantitative estimate of drug-likeness (QED) is 0.307. The van der Waals surface area contributed by atoms with E-state index in [1.54, 1.807) is 5.56 Å². The molecule has 1 nitrogen and oxygen atoms in total. The van der Waals surface area contributed by atoms with Crippen LogP contribution in [0.4, 0.5) is 0 Å². The molecule has 4 aliphatic carbocycles. The Morgan fingerprint density at radius 3 is 2.00 bits per heavy atom. The van der Waals surface area contributed by atoms with E-state index < -0.39 is 0 Å². The van der Waals surface area contributed by atoms with Gasteiger partial charge in [-0.25, -0.2) is 0 Å². The van der Waals surface area contributed by atoms with E-state index in [9.17, 15) is 0 Å². The second kappa shape index (κ2) is 6.75. The van der Waals surface area contributed by atoms with Crippen LogP contribution in [0.15, 0.2) is 65.1 Å². The normalized spacial score (nSPS) is 28.8. The molecule has 1 heterocycles. The number of fused-ring (bicyclic) bond motifs is 3. The van der Waals surface area contributed by atoms with Gasteiger partial charge < -0.3 is 4.42 Å². The molecule has 0 amide bonds. The summed E-state index contributed by atoms with van der Waals surface area (Å²) >= 11 is 0. The Hall–Kier alpha value is -2.54. The molecule has 33 heavy (non-hydrogen) atoms. The third-order valence-electron chi connectivity index (χ3n) is 9.17. The number of furan rings is 1. The largest absolute Gasteiger partial charge is 0.456 e. The molecule has 0 radical (unpaired) electrons. The Morgan fingerprint density at radius 2 is 1.36 bits per heavy atom. The summed E-state index contributed by atoms with van der Waals surface area (Å²) in [5.74, 6) is 2.97. The van der Waals surface area contributed by atoms with Crippen molar-refractivity contribution in [2.75, 3.05) is 0 Å². The molecule has 3 aromatic carbocycles. The molecule has 168 valence electrons. The maximum atomic E-state index is 6.36. The van der Waals surface area contributed by atoms with Gasteiger partial charge in [0.05, 0.1) is 0 Å². The van der Waals surface area contributed by atoms with E-state index in [0.717, 1.165) is 28.9 Å². The highest BCUT2D eigenvalue weighted by Gasteiger charge is 2.51. The maximum absolute atomic E-state index is 6.36. The fourth-order valence-corrected chi connectivity index (χ4v) is 8.05. The van der Waals surface area contributed by atoms with Gasteiger partial charge in [0.25, 0.3) is 0 Å². The standard InChI is InChI=1S/C32H34O/c1-31(2,3)28-6-4-5-26-27-16-24(9-12-29(27)33-30(26)28)23-7-10-25(11-8-23)32-17-20-13-21(18-32)15-22(14-20)19-32/h4-12,16,20-22H,13-15,17-19H2,1-3H3. The third kappa shape index (κ3) is 3.04. The minimum atomic E-state index is 0.0588. The highest BCUT2D eigenvalue weighted by atomic mass is 16.3. The molecule has 0 spiro atoms. The lowest BCUT2D eigenvalue weighted by Gasteiger charge is -2.57. The van der Waals surface area contributed by atoms with E-state index in [-0.39, 0.29) is 5.41 Å². The van der Waals surface area contributed by atoms with Gasteiger partial charge in [0, 0.05) is 16.3 Å². The first-order valence-electron chi connectivity index (χ1n) is 12.9. The van der Waals surface area contributed by atoms with Gasteiger partial charge in [-0.05, 0) is 95.9 Å². The first kappa shape index (κ1) is 19.9. The van der Waals surface area contributed by atoms with Gasteiger partial charge in [-0.3, -0.25) is 0 Å². The Bertz CT molecular complexity index is 1330. The number of benzene rings is 3. The van der Waals surface area contributed by atoms with Crippen LogP contribution in [0.5, 0.6) is 0 Å². The predicted octanol–water partition coefficient (Wildman–Crippen LogP) is 9.02. The minimum absolute atomic E-state index is 0.0588. The monoisotopic (exact) mass is 434 g/mol. The van der Waals surface area contributed by atoms with Gasteiger partial charge >= 0.3 is 0 Å². The molecule has 0 saturated heterocycles. The van der Waals surface area contributed by atoms with E-state index in [4.69, 9.17) is 4.42 Å². The van der Waals surface area contributed by atoms with Crippen molar-refractivity contribution >= 4 is 21.9 Å². The second-order valence-electron chi connectivity index (χ2n) is 12.5. The molecule has 1 aromatic heterocycles. The van der Waals surface area contributed by atoms with E-state index >= 15 is 0 Å². The summed E-state index contributed by atoms with van der Waals surface area (Å²) in [6.07, 6.45) is 8.82. The maximum Gasteiger partial charge on any atom is 0.139 e. The van der Waals surface area contributed by atoms with Gasteiger partial charge in [0.1, 0.15) is 11.2 Å². The van der Waals surface area contributed by atoms with Crippen LogP contribution in [-0.2, 0) is 10.8 Å². The summed E-state index contributed by atoms with van der Waals surface area (Å²) in [6, 6.07) is 22.9. The van der Waals surface area contributed by atoms with E-state index in [0.29, 0.717) is 5.41 Å². The van der Waals surface area contributed by atoms with Crippen LogP contribution >= 0.6 is 0 Å². The molecule has 4 saturated carbocycles. The van der Waals surface area contributed by atoms with Crippen LogP contribution in [0.2, 0.25) is 0 Å². The average Bonchev–Trinajstić information content (AvgIpc) is 3.15. The molecule has 0 aliphatic heterocycles. The summed E-state index contributed by atoms with van der Waals surface area (Å²) < 4.78 is 6.36. The zero-order valence-corrected chi connectivity index (χ0v) is 20.2. The number of hydrogen-bond donors (Lipinski definition) is 0. The van der Waals surface area contributed by atoms with Crippen LogP contribution < -0.4 is 0 Å². The van der Waals surface area contributed by atoms with Crippen molar-refractivity contribution in [2.24, 2.45) is 17.8 Å². The van der Waals surface area contributed by atoms with Crippen LogP contribution in [-0.4, -0.2) is 0 Å². The molecule has 1 heteroatoms. The van der Waals surface area contributed by atoms with Crippen molar-refractivity contribution in [1.29, 1.82) is 0 Å².